The third-order valence-corrected chi connectivity index (χ3v) is 5.30. The maximum absolute atomic E-state index is 13.9. The molecular formula is C18H24Cl2FN3. The van der Waals surface area contributed by atoms with Crippen molar-refractivity contribution in [2.24, 2.45) is 5.41 Å². The molecule has 0 aliphatic carbocycles. The summed E-state index contributed by atoms with van der Waals surface area (Å²) in [7, 11) is 0. The van der Waals surface area contributed by atoms with Gasteiger partial charge in [-0.25, -0.2) is 9.37 Å². The number of rotatable bonds is 2. The van der Waals surface area contributed by atoms with Crippen molar-refractivity contribution in [1.29, 1.82) is 0 Å². The Kier molecular flexibility index (Phi) is 6.43. The van der Waals surface area contributed by atoms with Crippen LogP contribution in [0.2, 0.25) is 0 Å². The molecule has 1 spiro atoms. The molecule has 2 fully saturated rings. The minimum atomic E-state index is -0.226. The molecule has 24 heavy (non-hydrogen) atoms. The molecule has 3 heterocycles. The van der Waals surface area contributed by atoms with E-state index in [4.69, 9.17) is 0 Å². The van der Waals surface area contributed by atoms with Crippen LogP contribution in [0.5, 0.6) is 0 Å². The summed E-state index contributed by atoms with van der Waals surface area (Å²) < 4.78 is 13.9. The van der Waals surface area contributed by atoms with E-state index in [1.807, 2.05) is 18.2 Å². The molecule has 2 aliphatic heterocycles. The minimum absolute atomic E-state index is 0. The lowest BCUT2D eigenvalue weighted by Crippen LogP contribution is -2.38. The van der Waals surface area contributed by atoms with E-state index >= 15 is 0 Å². The molecule has 6 heteroatoms. The number of para-hydroxylation sites is 1. The third-order valence-electron chi connectivity index (χ3n) is 5.30. The summed E-state index contributed by atoms with van der Waals surface area (Å²) in [6.07, 6.45) is 3.85. The molecule has 132 valence electrons. The zero-order valence-electron chi connectivity index (χ0n) is 13.6. The van der Waals surface area contributed by atoms with Crippen molar-refractivity contribution >= 4 is 35.7 Å². The second kappa shape index (κ2) is 7.96. The molecule has 0 atom stereocenters. The van der Waals surface area contributed by atoms with E-state index in [1.165, 1.54) is 25.3 Å². The largest absolute Gasteiger partial charge is 0.317 e. The van der Waals surface area contributed by atoms with Gasteiger partial charge in [0.1, 0.15) is 11.3 Å². The van der Waals surface area contributed by atoms with Gasteiger partial charge >= 0.3 is 0 Å². The van der Waals surface area contributed by atoms with E-state index in [2.05, 4.69) is 15.2 Å². The molecule has 0 amide bonds. The van der Waals surface area contributed by atoms with E-state index in [0.717, 1.165) is 43.8 Å². The Morgan fingerprint density at radius 2 is 1.88 bits per heavy atom. The maximum Gasteiger partial charge on any atom is 0.149 e. The normalized spacial score (nSPS) is 19.9. The topological polar surface area (TPSA) is 28.2 Å². The Hall–Kier alpha value is -0.940. The number of fused-ring (bicyclic) bond motifs is 1. The number of nitrogens with zero attached hydrogens (tertiary/aromatic N) is 2. The van der Waals surface area contributed by atoms with Crippen LogP contribution >= 0.6 is 24.8 Å². The number of nitrogens with one attached hydrogen (secondary N) is 1. The van der Waals surface area contributed by atoms with E-state index < -0.39 is 0 Å². The molecule has 1 aromatic heterocycles. The van der Waals surface area contributed by atoms with Crippen LogP contribution < -0.4 is 5.32 Å². The second-order valence-electron chi connectivity index (χ2n) is 6.82. The molecule has 0 unspecified atom stereocenters. The van der Waals surface area contributed by atoms with Crippen LogP contribution in [0.4, 0.5) is 4.39 Å². The van der Waals surface area contributed by atoms with Gasteiger partial charge in [0, 0.05) is 18.5 Å². The van der Waals surface area contributed by atoms with Gasteiger partial charge in [-0.1, -0.05) is 18.2 Å². The fourth-order valence-corrected chi connectivity index (χ4v) is 4.00. The van der Waals surface area contributed by atoms with Gasteiger partial charge in [0.05, 0.1) is 5.69 Å². The van der Waals surface area contributed by atoms with Crippen molar-refractivity contribution in [3.05, 3.63) is 41.8 Å². The average molecular weight is 372 g/mol. The van der Waals surface area contributed by atoms with Crippen LogP contribution in [0.3, 0.4) is 0 Å². The molecule has 2 aliphatic rings. The van der Waals surface area contributed by atoms with Gasteiger partial charge in [0.2, 0.25) is 0 Å². The second-order valence-corrected chi connectivity index (χ2v) is 6.82. The predicted octanol–water partition coefficient (Wildman–Crippen LogP) is 3.79. The number of pyridine rings is 1. The minimum Gasteiger partial charge on any atom is -0.317 e. The Morgan fingerprint density at radius 3 is 2.67 bits per heavy atom. The van der Waals surface area contributed by atoms with Gasteiger partial charge < -0.3 is 5.32 Å². The molecule has 1 N–H and O–H groups in total. The molecular weight excluding hydrogens is 348 g/mol. The maximum atomic E-state index is 13.9. The van der Waals surface area contributed by atoms with E-state index in [-0.39, 0.29) is 30.6 Å². The SMILES string of the molecule is Cl.Cl.Fc1cccc2ccc(CN3CCC4(CCNCC4)C3)nc12. The summed E-state index contributed by atoms with van der Waals surface area (Å²) in [5.74, 6) is -0.226. The highest BCUT2D eigenvalue weighted by Gasteiger charge is 2.38. The fraction of sp³-hybridized carbons (Fsp3) is 0.500. The van der Waals surface area contributed by atoms with Gasteiger partial charge in [0.25, 0.3) is 0 Å². The summed E-state index contributed by atoms with van der Waals surface area (Å²) in [5, 5.41) is 4.33. The molecule has 0 radical (unpaired) electrons. The fourth-order valence-electron chi connectivity index (χ4n) is 4.00. The first-order valence-electron chi connectivity index (χ1n) is 8.21. The highest BCUT2D eigenvalue weighted by Crippen LogP contribution is 2.38. The lowest BCUT2D eigenvalue weighted by molar-refractivity contribution is 0.193. The molecule has 2 aromatic rings. The van der Waals surface area contributed by atoms with Gasteiger partial charge in [-0.2, -0.15) is 0 Å². The van der Waals surface area contributed by atoms with Gasteiger partial charge in [-0.15, -0.1) is 24.8 Å². The highest BCUT2D eigenvalue weighted by atomic mass is 35.5. The third kappa shape index (κ3) is 3.83. The van der Waals surface area contributed by atoms with E-state index in [9.17, 15) is 4.39 Å². The number of aromatic nitrogens is 1. The van der Waals surface area contributed by atoms with Crippen molar-refractivity contribution in [3.63, 3.8) is 0 Å². The van der Waals surface area contributed by atoms with Crippen molar-refractivity contribution in [2.45, 2.75) is 25.8 Å². The number of piperidine rings is 1. The van der Waals surface area contributed by atoms with Crippen LogP contribution in [0.1, 0.15) is 25.0 Å². The van der Waals surface area contributed by atoms with Crippen molar-refractivity contribution in [1.82, 2.24) is 15.2 Å². The van der Waals surface area contributed by atoms with Crippen LogP contribution in [0.25, 0.3) is 10.9 Å². The smallest absolute Gasteiger partial charge is 0.149 e. The number of likely N-dealkylation sites (tertiary alicyclic amines) is 1. The van der Waals surface area contributed by atoms with Crippen LogP contribution in [0.15, 0.2) is 30.3 Å². The zero-order chi connectivity index (χ0) is 15.0. The monoisotopic (exact) mass is 371 g/mol. The first kappa shape index (κ1) is 19.4. The lowest BCUT2D eigenvalue weighted by Gasteiger charge is -2.33. The lowest BCUT2D eigenvalue weighted by atomic mass is 9.78. The standard InChI is InChI=1S/C18H22FN3.2ClH/c19-16-3-1-2-14-4-5-15(21-17(14)16)12-22-11-8-18(13-22)6-9-20-10-7-18;;/h1-5,20H,6-13H2;2*1H. The summed E-state index contributed by atoms with van der Waals surface area (Å²) in [4.78, 5) is 7.03. The number of halogens is 3. The van der Waals surface area contributed by atoms with Gasteiger partial charge in [0.15, 0.2) is 0 Å². The molecule has 4 rings (SSSR count). The first-order valence-corrected chi connectivity index (χ1v) is 8.21. The summed E-state index contributed by atoms with van der Waals surface area (Å²) in [6.45, 7) is 5.42. The van der Waals surface area contributed by atoms with E-state index in [1.54, 1.807) is 6.07 Å². The molecule has 1 aromatic carbocycles. The highest BCUT2D eigenvalue weighted by molar-refractivity contribution is 5.85. The average Bonchev–Trinajstić information content (AvgIpc) is 2.91. The zero-order valence-corrected chi connectivity index (χ0v) is 15.3. The molecule has 0 bridgehead atoms. The Morgan fingerprint density at radius 1 is 1.08 bits per heavy atom. The Bertz CT molecular complexity index is 689. The summed E-state index contributed by atoms with van der Waals surface area (Å²) in [5.41, 5.74) is 1.98. The Balaban J connectivity index is 0.00000104. The quantitative estimate of drug-likeness (QED) is 0.870. The van der Waals surface area contributed by atoms with Gasteiger partial charge in [-0.3, -0.25) is 4.90 Å². The van der Waals surface area contributed by atoms with Crippen molar-refractivity contribution in [2.75, 3.05) is 26.2 Å². The summed E-state index contributed by atoms with van der Waals surface area (Å²) in [6, 6.07) is 9.15. The van der Waals surface area contributed by atoms with Crippen molar-refractivity contribution in [3.8, 4) is 0 Å². The number of hydrogen-bond donors (Lipinski definition) is 1. The van der Waals surface area contributed by atoms with Crippen molar-refractivity contribution < 1.29 is 4.39 Å². The first-order chi connectivity index (χ1) is 10.7. The van der Waals surface area contributed by atoms with Gasteiger partial charge in [-0.05, 0) is 56.4 Å². The van der Waals surface area contributed by atoms with Crippen LogP contribution in [0, 0.1) is 11.2 Å². The number of benzene rings is 1. The molecule has 2 saturated heterocycles. The predicted molar refractivity (Wildman–Crippen MR) is 101 cm³/mol. The van der Waals surface area contributed by atoms with E-state index in [0.29, 0.717) is 10.9 Å². The molecule has 0 saturated carbocycles. The summed E-state index contributed by atoms with van der Waals surface area (Å²) >= 11 is 0. The Labute approximate surface area is 154 Å². The molecule has 3 nitrogen and oxygen atoms in total. The van der Waals surface area contributed by atoms with Crippen LogP contribution in [-0.2, 0) is 6.54 Å². The number of hydrogen-bond acceptors (Lipinski definition) is 3. The van der Waals surface area contributed by atoms with Crippen LogP contribution in [-0.4, -0.2) is 36.1 Å².